The van der Waals surface area contributed by atoms with Crippen molar-refractivity contribution in [1.82, 2.24) is 9.80 Å². The number of morpholine rings is 1. The van der Waals surface area contributed by atoms with Crippen molar-refractivity contribution in [2.24, 2.45) is 0 Å². The van der Waals surface area contributed by atoms with Gasteiger partial charge >= 0.3 is 0 Å². The second kappa shape index (κ2) is 7.61. The van der Waals surface area contributed by atoms with E-state index >= 15 is 0 Å². The van der Waals surface area contributed by atoms with Crippen molar-refractivity contribution >= 4 is 5.91 Å². The number of benzene rings is 1. The average Bonchev–Trinajstić information content (AvgIpc) is 2.60. The van der Waals surface area contributed by atoms with Crippen molar-refractivity contribution in [2.75, 3.05) is 26.2 Å². The monoisotopic (exact) mass is 366 g/mol. The van der Waals surface area contributed by atoms with Gasteiger partial charge in [0.05, 0.1) is 12.1 Å². The lowest BCUT2D eigenvalue weighted by Crippen LogP contribution is -2.62. The van der Waals surface area contributed by atoms with Gasteiger partial charge in [-0.1, -0.05) is 0 Å². The molecule has 2 saturated heterocycles. The molecule has 1 atom stereocenters. The van der Waals surface area contributed by atoms with E-state index in [1.807, 2.05) is 25.7 Å². The van der Waals surface area contributed by atoms with Gasteiger partial charge in [-0.05, 0) is 63.8 Å². The summed E-state index contributed by atoms with van der Waals surface area (Å²) in [5.74, 6) is -0.688. The Kier molecular flexibility index (Phi) is 5.63. The predicted molar refractivity (Wildman–Crippen MR) is 95.9 cm³/mol. The van der Waals surface area contributed by atoms with Crippen molar-refractivity contribution in [3.05, 3.63) is 35.4 Å². The van der Waals surface area contributed by atoms with Gasteiger partial charge in [0.1, 0.15) is 17.7 Å². The van der Waals surface area contributed by atoms with E-state index in [1.54, 1.807) is 0 Å². The summed E-state index contributed by atoms with van der Waals surface area (Å²) in [7, 11) is 0. The quantitative estimate of drug-likeness (QED) is 0.821. The first-order valence-corrected chi connectivity index (χ1v) is 9.44. The Morgan fingerprint density at radius 2 is 1.96 bits per heavy atom. The van der Waals surface area contributed by atoms with Crippen LogP contribution in [-0.2, 0) is 16.0 Å². The SMILES string of the molecule is CC1OC2(CCN(CCc3cc(F)ccc3F)CC2)CN(C(C)C)C1=O. The fraction of sp³-hybridized carbons (Fsp3) is 0.650. The fourth-order valence-electron chi connectivity index (χ4n) is 4.00. The summed E-state index contributed by atoms with van der Waals surface area (Å²) in [6.45, 7) is 8.91. The number of ether oxygens (including phenoxy) is 1. The maximum atomic E-state index is 13.8. The number of rotatable bonds is 4. The normalized spacial score (nSPS) is 23.8. The van der Waals surface area contributed by atoms with Crippen LogP contribution in [0.1, 0.15) is 39.2 Å². The van der Waals surface area contributed by atoms with Crippen LogP contribution in [0.25, 0.3) is 0 Å². The first-order chi connectivity index (χ1) is 12.3. The van der Waals surface area contributed by atoms with E-state index in [2.05, 4.69) is 4.90 Å². The number of hydrogen-bond acceptors (Lipinski definition) is 3. The molecule has 0 aliphatic carbocycles. The molecule has 1 unspecified atom stereocenters. The molecular formula is C20H28F2N2O2. The van der Waals surface area contributed by atoms with Gasteiger partial charge in [-0.15, -0.1) is 0 Å². The minimum Gasteiger partial charge on any atom is -0.360 e. The van der Waals surface area contributed by atoms with Gasteiger partial charge in [-0.2, -0.15) is 0 Å². The molecule has 0 saturated carbocycles. The number of nitrogens with zero attached hydrogens (tertiary/aromatic N) is 2. The number of amides is 1. The zero-order valence-electron chi connectivity index (χ0n) is 15.8. The first kappa shape index (κ1) is 19.2. The highest BCUT2D eigenvalue weighted by Crippen LogP contribution is 2.33. The molecule has 2 fully saturated rings. The number of carbonyl (C=O) groups is 1. The van der Waals surface area contributed by atoms with Crippen molar-refractivity contribution in [2.45, 2.75) is 57.8 Å². The Morgan fingerprint density at radius 1 is 1.27 bits per heavy atom. The molecule has 1 amide bonds. The van der Waals surface area contributed by atoms with Gasteiger partial charge in [0.15, 0.2) is 0 Å². The molecular weight excluding hydrogens is 338 g/mol. The third-order valence-corrected chi connectivity index (χ3v) is 5.61. The summed E-state index contributed by atoms with van der Waals surface area (Å²) < 4.78 is 33.2. The lowest BCUT2D eigenvalue weighted by Gasteiger charge is -2.50. The molecule has 2 heterocycles. The van der Waals surface area contributed by atoms with E-state index in [1.165, 1.54) is 12.1 Å². The molecule has 0 N–H and O–H groups in total. The summed E-state index contributed by atoms with van der Waals surface area (Å²) in [6, 6.07) is 3.77. The maximum Gasteiger partial charge on any atom is 0.251 e. The summed E-state index contributed by atoms with van der Waals surface area (Å²) in [5, 5.41) is 0. The third-order valence-electron chi connectivity index (χ3n) is 5.61. The highest BCUT2D eigenvalue weighted by Gasteiger charge is 2.45. The van der Waals surface area contributed by atoms with E-state index in [9.17, 15) is 13.6 Å². The molecule has 144 valence electrons. The number of halogens is 2. The minimum atomic E-state index is -0.404. The molecule has 26 heavy (non-hydrogen) atoms. The zero-order chi connectivity index (χ0) is 18.9. The topological polar surface area (TPSA) is 32.8 Å². The predicted octanol–water partition coefficient (Wildman–Crippen LogP) is 3.00. The van der Waals surface area contributed by atoms with Crippen molar-refractivity contribution < 1.29 is 18.3 Å². The summed E-state index contributed by atoms with van der Waals surface area (Å²) >= 11 is 0. The zero-order valence-corrected chi connectivity index (χ0v) is 15.8. The van der Waals surface area contributed by atoms with Crippen LogP contribution in [-0.4, -0.2) is 59.6 Å². The van der Waals surface area contributed by atoms with Gasteiger partial charge in [-0.25, -0.2) is 8.78 Å². The van der Waals surface area contributed by atoms with Crippen LogP contribution in [0, 0.1) is 11.6 Å². The van der Waals surface area contributed by atoms with Gasteiger partial charge in [-0.3, -0.25) is 4.79 Å². The largest absolute Gasteiger partial charge is 0.360 e. The number of likely N-dealkylation sites (tertiary alicyclic amines) is 1. The van der Waals surface area contributed by atoms with Crippen LogP contribution in [0.2, 0.25) is 0 Å². The Morgan fingerprint density at radius 3 is 2.62 bits per heavy atom. The van der Waals surface area contributed by atoms with E-state index < -0.39 is 11.9 Å². The molecule has 2 aliphatic rings. The van der Waals surface area contributed by atoms with Crippen LogP contribution in [0.4, 0.5) is 8.78 Å². The number of carbonyl (C=O) groups excluding carboxylic acids is 1. The smallest absolute Gasteiger partial charge is 0.251 e. The number of hydrogen-bond donors (Lipinski definition) is 0. The molecule has 0 aromatic heterocycles. The molecule has 0 bridgehead atoms. The van der Waals surface area contributed by atoms with Crippen molar-refractivity contribution in [3.63, 3.8) is 0 Å². The Labute approximate surface area is 154 Å². The summed E-state index contributed by atoms with van der Waals surface area (Å²) in [4.78, 5) is 16.5. The minimum absolute atomic E-state index is 0.0645. The Balaban J connectivity index is 1.57. The molecule has 3 rings (SSSR count). The molecule has 6 heteroatoms. The average molecular weight is 366 g/mol. The van der Waals surface area contributed by atoms with Crippen LogP contribution in [0.15, 0.2) is 18.2 Å². The Hall–Kier alpha value is -1.53. The number of piperidine rings is 1. The van der Waals surface area contributed by atoms with Gasteiger partial charge in [0.2, 0.25) is 0 Å². The fourth-order valence-corrected chi connectivity index (χ4v) is 4.00. The Bertz CT molecular complexity index is 657. The van der Waals surface area contributed by atoms with Gasteiger partial charge in [0.25, 0.3) is 5.91 Å². The second-order valence-electron chi connectivity index (χ2n) is 7.83. The van der Waals surface area contributed by atoms with E-state index in [-0.39, 0.29) is 23.4 Å². The van der Waals surface area contributed by atoms with E-state index in [0.29, 0.717) is 25.1 Å². The molecule has 1 spiro atoms. The lowest BCUT2D eigenvalue weighted by atomic mass is 9.88. The van der Waals surface area contributed by atoms with Crippen molar-refractivity contribution in [3.8, 4) is 0 Å². The lowest BCUT2D eigenvalue weighted by molar-refractivity contribution is -0.192. The summed E-state index contributed by atoms with van der Waals surface area (Å²) in [6.07, 6.45) is 1.78. The van der Waals surface area contributed by atoms with Crippen LogP contribution >= 0.6 is 0 Å². The maximum absolute atomic E-state index is 13.8. The van der Waals surface area contributed by atoms with Gasteiger partial charge in [0, 0.05) is 25.7 Å². The molecule has 4 nitrogen and oxygen atoms in total. The van der Waals surface area contributed by atoms with E-state index in [0.717, 1.165) is 32.0 Å². The van der Waals surface area contributed by atoms with Gasteiger partial charge < -0.3 is 14.5 Å². The molecule has 0 radical (unpaired) electrons. The van der Waals surface area contributed by atoms with Crippen molar-refractivity contribution in [1.29, 1.82) is 0 Å². The molecule has 2 aliphatic heterocycles. The van der Waals surface area contributed by atoms with E-state index in [4.69, 9.17) is 4.74 Å². The van der Waals surface area contributed by atoms with Crippen LogP contribution in [0.3, 0.4) is 0 Å². The second-order valence-corrected chi connectivity index (χ2v) is 7.83. The first-order valence-electron chi connectivity index (χ1n) is 9.44. The standard InChI is InChI=1S/C20H28F2N2O2/c1-14(2)24-13-20(26-15(3)19(24)25)7-10-23(11-8-20)9-6-16-12-17(21)4-5-18(16)22/h4-5,12,14-15H,6-11,13H2,1-3H3. The highest BCUT2D eigenvalue weighted by atomic mass is 19.1. The molecule has 1 aromatic carbocycles. The third kappa shape index (κ3) is 4.07. The summed E-state index contributed by atoms with van der Waals surface area (Å²) in [5.41, 5.74) is 0.141. The molecule has 1 aromatic rings. The highest BCUT2D eigenvalue weighted by molar-refractivity contribution is 5.81. The van der Waals surface area contributed by atoms with Crippen LogP contribution in [0.5, 0.6) is 0 Å². The van der Waals surface area contributed by atoms with Crippen LogP contribution < -0.4 is 0 Å².